The molecule has 1 aromatic carbocycles. The molecular weight excluding hydrogens is 376 g/mol. The van der Waals surface area contributed by atoms with Gasteiger partial charge < -0.3 is 10.1 Å². The Hall–Kier alpha value is -3.21. The minimum absolute atomic E-state index is 0.0254. The molecule has 2 N–H and O–H groups in total. The summed E-state index contributed by atoms with van der Waals surface area (Å²) in [4.78, 5) is 29.5. The second-order valence-corrected chi connectivity index (χ2v) is 8.22. The number of allylic oxidation sites excluding steroid dienone is 3. The molecule has 30 heavy (non-hydrogen) atoms. The molecule has 0 saturated carbocycles. The van der Waals surface area contributed by atoms with Crippen LogP contribution >= 0.6 is 0 Å². The summed E-state index contributed by atoms with van der Waals surface area (Å²) in [6.45, 7) is 5.54. The molecule has 0 saturated heterocycles. The van der Waals surface area contributed by atoms with E-state index in [0.717, 1.165) is 22.5 Å². The van der Waals surface area contributed by atoms with Crippen molar-refractivity contribution >= 4 is 11.8 Å². The van der Waals surface area contributed by atoms with Gasteiger partial charge in [0.25, 0.3) is 0 Å². The number of fused-ring (bicyclic) bond motifs is 1. The van der Waals surface area contributed by atoms with Crippen LogP contribution in [0.5, 0.6) is 0 Å². The number of carbonyl (C=O) groups is 2. The van der Waals surface area contributed by atoms with E-state index in [0.29, 0.717) is 12.0 Å². The predicted octanol–water partition coefficient (Wildman–Crippen LogP) is 3.67. The van der Waals surface area contributed by atoms with Gasteiger partial charge in [-0.3, -0.25) is 4.79 Å². The van der Waals surface area contributed by atoms with E-state index in [4.69, 9.17) is 4.74 Å². The Balaban J connectivity index is 1.81. The number of esters is 1. The maximum Gasteiger partial charge on any atom is 0.336 e. The molecule has 1 aromatic heterocycles. The van der Waals surface area contributed by atoms with Gasteiger partial charge in [0.1, 0.15) is 5.78 Å². The fourth-order valence-electron chi connectivity index (χ4n) is 4.50. The number of aromatic nitrogens is 1. The number of carbonyl (C=O) groups excluding carboxylic acids is 2. The molecule has 0 radical (unpaired) electrons. The Morgan fingerprint density at radius 2 is 1.83 bits per heavy atom. The summed E-state index contributed by atoms with van der Waals surface area (Å²) in [6.07, 6.45) is 6.01. The Morgan fingerprint density at radius 1 is 1.10 bits per heavy atom. The van der Waals surface area contributed by atoms with Gasteiger partial charge in [-0.1, -0.05) is 36.4 Å². The molecule has 1 aliphatic carbocycles. The van der Waals surface area contributed by atoms with E-state index in [1.165, 1.54) is 0 Å². The van der Waals surface area contributed by atoms with Crippen LogP contribution in [0.3, 0.4) is 0 Å². The third kappa shape index (κ3) is 3.80. The Morgan fingerprint density at radius 3 is 2.50 bits per heavy atom. The lowest BCUT2D eigenvalue weighted by molar-refractivity contribution is -0.378. The summed E-state index contributed by atoms with van der Waals surface area (Å²) in [7, 11) is 0. The number of benzene rings is 1. The van der Waals surface area contributed by atoms with E-state index in [1.54, 1.807) is 0 Å². The number of pyridine rings is 1. The van der Waals surface area contributed by atoms with Gasteiger partial charge in [-0.05, 0) is 32.4 Å². The first-order chi connectivity index (χ1) is 14.5. The number of hydrogen-bond donors (Lipinski definition) is 1. The van der Waals surface area contributed by atoms with Crippen LogP contribution in [0.4, 0.5) is 0 Å². The molecule has 5 nitrogen and oxygen atoms in total. The molecular formula is C25H27N2O3+. The molecule has 0 bridgehead atoms. The van der Waals surface area contributed by atoms with Crippen LogP contribution < -0.4 is 10.3 Å². The van der Waals surface area contributed by atoms with E-state index in [9.17, 15) is 9.59 Å². The number of H-pyrrole nitrogens is 1. The van der Waals surface area contributed by atoms with Gasteiger partial charge in [0.05, 0.1) is 17.6 Å². The highest BCUT2D eigenvalue weighted by atomic mass is 16.5. The first-order valence-corrected chi connectivity index (χ1v) is 10.4. The quantitative estimate of drug-likeness (QED) is 0.791. The van der Waals surface area contributed by atoms with Crippen molar-refractivity contribution in [2.24, 2.45) is 5.92 Å². The van der Waals surface area contributed by atoms with Crippen LogP contribution in [0.15, 0.2) is 77.9 Å². The van der Waals surface area contributed by atoms with Crippen molar-refractivity contribution in [3.05, 3.63) is 89.0 Å². The Labute approximate surface area is 176 Å². The zero-order valence-electron chi connectivity index (χ0n) is 17.5. The minimum Gasteiger partial charge on any atom is -0.460 e. The number of ketones is 1. The van der Waals surface area contributed by atoms with Crippen molar-refractivity contribution in [2.75, 3.05) is 0 Å². The average Bonchev–Trinajstić information content (AvgIpc) is 2.73. The summed E-state index contributed by atoms with van der Waals surface area (Å²) < 4.78 is 5.54. The highest BCUT2D eigenvalue weighted by molar-refractivity contribution is 5.96. The molecule has 0 fully saturated rings. The fourth-order valence-corrected chi connectivity index (χ4v) is 4.50. The van der Waals surface area contributed by atoms with Crippen LogP contribution in [0.1, 0.15) is 50.2 Å². The SMILES string of the molecule is CC1=C(C(=O)OC(C)C)C(c2ccc[nH+]c2)C2C(=O)CC(c3ccccc3)C=C2N1. The summed E-state index contributed by atoms with van der Waals surface area (Å²) in [5.41, 5.74) is 4.15. The van der Waals surface area contributed by atoms with Gasteiger partial charge in [0, 0.05) is 41.3 Å². The molecule has 2 aliphatic rings. The van der Waals surface area contributed by atoms with Crippen molar-refractivity contribution in [1.82, 2.24) is 5.32 Å². The molecule has 2 heterocycles. The molecule has 154 valence electrons. The van der Waals surface area contributed by atoms with Gasteiger partial charge in [-0.2, -0.15) is 0 Å². The summed E-state index contributed by atoms with van der Waals surface area (Å²) in [6, 6.07) is 13.9. The normalized spacial score (nSPS) is 23.5. The third-order valence-corrected chi connectivity index (χ3v) is 5.74. The zero-order valence-corrected chi connectivity index (χ0v) is 17.5. The Kier molecular flexibility index (Phi) is 5.53. The lowest BCUT2D eigenvalue weighted by Gasteiger charge is -2.39. The summed E-state index contributed by atoms with van der Waals surface area (Å²) in [5.74, 6) is -1.03. The first-order valence-electron chi connectivity index (χ1n) is 10.4. The summed E-state index contributed by atoms with van der Waals surface area (Å²) in [5, 5.41) is 3.36. The van der Waals surface area contributed by atoms with E-state index >= 15 is 0 Å². The standard InChI is InChI=1S/C25H26N2O3/c1-15(2)30-25(29)22-16(3)27-20-12-19(17-8-5-4-6-9-17)13-21(28)24(20)23(22)18-10-7-11-26-14-18/h4-12,14-15,19,23-24,27H,13H2,1-3H3/p+1. The second kappa shape index (κ2) is 8.27. The van der Waals surface area contributed by atoms with E-state index in [-0.39, 0.29) is 29.7 Å². The lowest BCUT2D eigenvalue weighted by atomic mass is 9.69. The number of hydrogen-bond acceptors (Lipinski definition) is 4. The van der Waals surface area contributed by atoms with Gasteiger partial charge in [-0.15, -0.1) is 0 Å². The lowest BCUT2D eigenvalue weighted by Crippen LogP contribution is -2.42. The topological polar surface area (TPSA) is 69.5 Å². The van der Waals surface area contributed by atoms with Crippen LogP contribution in [0, 0.1) is 5.92 Å². The van der Waals surface area contributed by atoms with Gasteiger partial charge in [-0.25, -0.2) is 9.78 Å². The fraction of sp³-hybridized carbons (Fsp3) is 0.320. The van der Waals surface area contributed by atoms with Crippen molar-refractivity contribution in [1.29, 1.82) is 0 Å². The van der Waals surface area contributed by atoms with Crippen molar-refractivity contribution in [3.63, 3.8) is 0 Å². The highest BCUT2D eigenvalue weighted by Gasteiger charge is 2.45. The average molecular weight is 404 g/mol. The number of ether oxygens (including phenoxy) is 1. The Bertz CT molecular complexity index is 1010. The number of Topliss-reactive ketones (excluding diaryl/α,β-unsaturated/α-hetero) is 1. The third-order valence-electron chi connectivity index (χ3n) is 5.74. The van der Waals surface area contributed by atoms with E-state index in [2.05, 4.69) is 28.5 Å². The second-order valence-electron chi connectivity index (χ2n) is 8.22. The van der Waals surface area contributed by atoms with Crippen molar-refractivity contribution in [2.45, 2.75) is 45.1 Å². The van der Waals surface area contributed by atoms with Crippen LogP contribution in [-0.2, 0) is 14.3 Å². The van der Waals surface area contributed by atoms with E-state index < -0.39 is 5.92 Å². The largest absolute Gasteiger partial charge is 0.460 e. The molecule has 5 heteroatoms. The highest BCUT2D eigenvalue weighted by Crippen LogP contribution is 2.45. The zero-order chi connectivity index (χ0) is 21.3. The first kappa shape index (κ1) is 20.1. The van der Waals surface area contributed by atoms with E-state index in [1.807, 2.05) is 63.5 Å². The van der Waals surface area contributed by atoms with Crippen LogP contribution in [-0.4, -0.2) is 17.9 Å². The number of nitrogens with one attached hydrogen (secondary N) is 2. The predicted molar refractivity (Wildman–Crippen MR) is 113 cm³/mol. The molecule has 4 rings (SSSR count). The van der Waals surface area contributed by atoms with Crippen LogP contribution in [0.2, 0.25) is 0 Å². The maximum absolute atomic E-state index is 13.4. The molecule has 3 unspecified atom stereocenters. The van der Waals surface area contributed by atoms with Crippen LogP contribution in [0.25, 0.3) is 0 Å². The van der Waals surface area contributed by atoms with Gasteiger partial charge in [0.2, 0.25) is 0 Å². The monoisotopic (exact) mass is 403 g/mol. The minimum atomic E-state index is -0.431. The van der Waals surface area contributed by atoms with Crippen molar-refractivity contribution < 1.29 is 19.3 Å². The van der Waals surface area contributed by atoms with Gasteiger partial charge in [0.15, 0.2) is 12.4 Å². The smallest absolute Gasteiger partial charge is 0.336 e. The number of aromatic amines is 1. The summed E-state index contributed by atoms with van der Waals surface area (Å²) >= 11 is 0. The van der Waals surface area contributed by atoms with Gasteiger partial charge >= 0.3 is 5.97 Å². The molecule has 0 amide bonds. The van der Waals surface area contributed by atoms with Crippen molar-refractivity contribution in [3.8, 4) is 0 Å². The maximum atomic E-state index is 13.4. The molecule has 2 aromatic rings. The molecule has 1 aliphatic heterocycles. The number of rotatable bonds is 4. The molecule has 3 atom stereocenters. The molecule has 0 spiro atoms.